The molecule has 1 aliphatic heterocycles. The average Bonchev–Trinajstić information content (AvgIpc) is 2.38. The first-order valence-corrected chi connectivity index (χ1v) is 7.98. The predicted octanol–water partition coefficient (Wildman–Crippen LogP) is 3.38. The molecule has 1 aliphatic rings. The van der Waals surface area contributed by atoms with Gasteiger partial charge in [-0.2, -0.15) is 0 Å². The van der Waals surface area contributed by atoms with Crippen molar-refractivity contribution in [2.75, 3.05) is 13.2 Å². The van der Waals surface area contributed by atoms with E-state index in [2.05, 4.69) is 15.9 Å². The van der Waals surface area contributed by atoms with Crippen molar-refractivity contribution < 1.29 is 13.6 Å². The fourth-order valence-corrected chi connectivity index (χ4v) is 4.19. The summed E-state index contributed by atoms with van der Waals surface area (Å²) in [4.78, 5) is -1.96. The van der Waals surface area contributed by atoms with E-state index in [0.29, 0.717) is 4.47 Å². The lowest BCUT2D eigenvalue weighted by Gasteiger charge is -2.65. The highest BCUT2D eigenvalue weighted by Crippen LogP contribution is 2.51. The minimum atomic E-state index is -1.96. The summed E-state index contributed by atoms with van der Waals surface area (Å²) >= 11 is 4.14. The Labute approximate surface area is 134 Å². The van der Waals surface area contributed by atoms with Gasteiger partial charge in [-0.3, -0.25) is 0 Å². The van der Waals surface area contributed by atoms with Crippen molar-refractivity contribution in [3.05, 3.63) is 44.5 Å². The number of benzene rings is 1. The summed E-state index contributed by atoms with van der Waals surface area (Å²) in [6.45, 7) is 1.23. The molecule has 118 valence electrons. The number of nitrogens with two attached hydrogens (primary N) is 1. The number of rotatable bonds is 2. The Morgan fingerprint density at radius 3 is 2.62 bits per heavy atom. The largest absolute Gasteiger partial charge is 0.631 e. The van der Waals surface area contributed by atoms with Gasteiger partial charge in [0.25, 0.3) is 0 Å². The topological polar surface area (TPSA) is 72.1 Å². The van der Waals surface area contributed by atoms with E-state index >= 15 is 0 Å². The van der Waals surface area contributed by atoms with Gasteiger partial charge in [0.15, 0.2) is 0 Å². The third-order valence-corrected chi connectivity index (χ3v) is 6.26. The smallest absolute Gasteiger partial charge is 0.128 e. The van der Waals surface area contributed by atoms with Gasteiger partial charge in [0.2, 0.25) is 0 Å². The van der Waals surface area contributed by atoms with E-state index in [1.165, 1.54) is 32.0 Å². The molecular weight excluding hydrogens is 366 g/mol. The van der Waals surface area contributed by atoms with Crippen LogP contribution in [0.15, 0.2) is 22.7 Å². The Hall–Kier alpha value is -0.250. The van der Waals surface area contributed by atoms with Crippen LogP contribution < -0.4 is 5.73 Å². The van der Waals surface area contributed by atoms with Gasteiger partial charge in [0.05, 0.1) is 0 Å². The van der Waals surface area contributed by atoms with Gasteiger partial charge in [0, 0.05) is 10.0 Å². The summed E-state index contributed by atoms with van der Waals surface area (Å²) in [7, 11) is 0. The van der Waals surface area contributed by atoms with Gasteiger partial charge in [-0.15, -0.1) is 11.8 Å². The van der Waals surface area contributed by atoms with E-state index in [1.807, 2.05) is 0 Å². The highest BCUT2D eigenvalue weighted by Gasteiger charge is 2.54. The normalized spacial score (nSPS) is 31.1. The summed E-state index contributed by atoms with van der Waals surface area (Å²) in [6, 6.07) is 4.04. The van der Waals surface area contributed by atoms with Crippen LogP contribution in [-0.4, -0.2) is 28.9 Å². The molecule has 2 atom stereocenters. The second kappa shape index (κ2) is 5.43. The molecule has 1 aromatic rings. The molecule has 2 rings (SSSR count). The summed E-state index contributed by atoms with van der Waals surface area (Å²) < 4.78 is 26.8. The molecule has 8 heteroatoms. The lowest BCUT2D eigenvalue weighted by Crippen LogP contribution is -2.69. The first-order valence-electron chi connectivity index (χ1n) is 6.31. The third-order valence-electron chi connectivity index (χ3n) is 4.03. The van der Waals surface area contributed by atoms with Gasteiger partial charge in [-0.05, 0) is 32.0 Å². The van der Waals surface area contributed by atoms with Crippen LogP contribution >= 0.6 is 27.7 Å². The van der Waals surface area contributed by atoms with Crippen LogP contribution in [0.4, 0.5) is 8.78 Å². The van der Waals surface area contributed by atoms with E-state index in [4.69, 9.17) is 5.73 Å². The Bertz CT molecular complexity index is 559. The number of halogens is 3. The number of hydrogen-bond donors (Lipinski definition) is 1. The van der Waals surface area contributed by atoms with Crippen molar-refractivity contribution in [3.63, 3.8) is 0 Å². The van der Waals surface area contributed by atoms with E-state index in [9.17, 15) is 19.2 Å². The molecule has 2 N–H and O–H groups in total. The molecule has 0 amide bonds. The Kier molecular flexibility index (Phi) is 4.43. The molecule has 21 heavy (non-hydrogen) atoms. The van der Waals surface area contributed by atoms with Crippen LogP contribution in [0.5, 0.6) is 0 Å². The SMILES string of the molecule is CC1(C)[C@@H](N)SC(CF)(c2cc(Br)ccc2F)C[N+]1([O-])[O-]. The molecule has 1 heterocycles. The molecule has 0 radical (unpaired) electrons. The summed E-state index contributed by atoms with van der Waals surface area (Å²) in [5.41, 5.74) is 4.57. The lowest BCUT2D eigenvalue weighted by molar-refractivity contribution is -0.886. The standard InChI is InChI=1S/C13H16BrF2N2O2S/c1-12(2)11(17)21-13(6-15,7-18(12,19)20)9-5-8(14)3-4-10(9)16/h3-5,11H,6-7,17H2,1-2H3/q-1/t11-,13?/m0/s1. The Morgan fingerprint density at radius 1 is 1.48 bits per heavy atom. The highest BCUT2D eigenvalue weighted by molar-refractivity contribution is 9.10. The van der Waals surface area contributed by atoms with Crippen molar-refractivity contribution in [1.29, 1.82) is 0 Å². The molecule has 0 spiro atoms. The van der Waals surface area contributed by atoms with E-state index in [-0.39, 0.29) is 5.56 Å². The summed E-state index contributed by atoms with van der Waals surface area (Å²) in [6.07, 6.45) is 0. The van der Waals surface area contributed by atoms with E-state index < -0.39 is 39.5 Å². The zero-order chi connectivity index (χ0) is 16.1. The van der Waals surface area contributed by atoms with Crippen molar-refractivity contribution in [3.8, 4) is 0 Å². The van der Waals surface area contributed by atoms with Gasteiger partial charge >= 0.3 is 0 Å². The van der Waals surface area contributed by atoms with Crippen molar-refractivity contribution in [2.24, 2.45) is 5.73 Å². The molecule has 0 aliphatic carbocycles. The third kappa shape index (κ3) is 2.73. The van der Waals surface area contributed by atoms with Gasteiger partial charge < -0.3 is 21.0 Å². The first kappa shape index (κ1) is 17.1. The minimum Gasteiger partial charge on any atom is -0.631 e. The van der Waals surface area contributed by atoms with Crippen LogP contribution in [-0.2, 0) is 4.75 Å². The second-order valence-corrected chi connectivity index (χ2v) is 8.22. The van der Waals surface area contributed by atoms with Crippen LogP contribution in [0.25, 0.3) is 0 Å². The molecule has 0 bridgehead atoms. The molecule has 0 aromatic heterocycles. The van der Waals surface area contributed by atoms with Crippen LogP contribution in [0.2, 0.25) is 0 Å². The zero-order valence-electron chi connectivity index (χ0n) is 11.6. The monoisotopic (exact) mass is 381 g/mol. The van der Waals surface area contributed by atoms with E-state index in [0.717, 1.165) is 11.8 Å². The molecule has 4 nitrogen and oxygen atoms in total. The molecule has 0 saturated carbocycles. The number of hydrogen-bond acceptors (Lipinski definition) is 4. The minimum absolute atomic E-state index is 0.00970. The molecule has 1 fully saturated rings. The Balaban J connectivity index is 2.55. The van der Waals surface area contributed by atoms with Crippen LogP contribution in [0.3, 0.4) is 0 Å². The number of nitrogens with zero attached hydrogens (tertiary/aromatic N) is 1. The number of alkyl halides is 1. The lowest BCUT2D eigenvalue weighted by atomic mass is 9.94. The zero-order valence-corrected chi connectivity index (χ0v) is 14.0. The number of quaternary nitrogens is 1. The molecule has 1 unspecified atom stereocenters. The van der Waals surface area contributed by atoms with Crippen LogP contribution in [0, 0.1) is 16.2 Å². The maximum atomic E-state index is 14.1. The maximum absolute atomic E-state index is 14.1. The fraction of sp³-hybridized carbons (Fsp3) is 0.538. The fourth-order valence-electron chi connectivity index (χ4n) is 2.30. The van der Waals surface area contributed by atoms with Gasteiger partial charge in [0.1, 0.15) is 34.7 Å². The first-order chi connectivity index (χ1) is 9.56. The van der Waals surface area contributed by atoms with Crippen LogP contribution in [0.1, 0.15) is 19.4 Å². The maximum Gasteiger partial charge on any atom is 0.128 e. The predicted molar refractivity (Wildman–Crippen MR) is 83.3 cm³/mol. The van der Waals surface area contributed by atoms with Crippen molar-refractivity contribution >= 4 is 27.7 Å². The highest BCUT2D eigenvalue weighted by atomic mass is 79.9. The van der Waals surface area contributed by atoms with Gasteiger partial charge in [-0.1, -0.05) is 15.9 Å². The van der Waals surface area contributed by atoms with Crippen molar-refractivity contribution in [2.45, 2.75) is 29.5 Å². The molecule has 1 saturated heterocycles. The molecule has 1 aromatic carbocycles. The summed E-state index contributed by atoms with van der Waals surface area (Å²) in [5.74, 6) is -0.657. The Morgan fingerprint density at radius 2 is 2.10 bits per heavy atom. The number of thioether (sulfide) groups is 1. The average molecular weight is 382 g/mol. The van der Waals surface area contributed by atoms with Gasteiger partial charge in [-0.25, -0.2) is 8.78 Å². The quantitative estimate of drug-likeness (QED) is 0.629. The number of hydroxylamine groups is 4. The van der Waals surface area contributed by atoms with Crippen molar-refractivity contribution in [1.82, 2.24) is 0 Å². The second-order valence-electron chi connectivity index (χ2n) is 5.78. The van der Waals surface area contributed by atoms with E-state index in [1.54, 1.807) is 0 Å². The summed E-state index contributed by atoms with van der Waals surface area (Å²) in [5, 5.41) is 23.7. The molecular formula is C13H16BrF2N2O2S-.